The highest BCUT2D eigenvalue weighted by molar-refractivity contribution is 6.06. The highest BCUT2D eigenvalue weighted by atomic mass is 16.6. The molecule has 0 saturated heterocycles. The molecule has 0 atom stereocenters. The maximum Gasteiger partial charge on any atom is 0.330 e. The number of esters is 1. The first-order valence-corrected chi connectivity index (χ1v) is 9.61. The summed E-state index contributed by atoms with van der Waals surface area (Å²) in [6, 6.07) is 26.0. The third kappa shape index (κ3) is 6.91. The Balaban J connectivity index is 1.39. The minimum atomic E-state index is -0.411. The molecule has 0 radical (unpaired) electrons. The quantitative estimate of drug-likeness (QED) is 0.215. The molecular formula is C26H22O4. The molecule has 0 spiro atoms. The summed E-state index contributed by atoms with van der Waals surface area (Å²) in [5.74, 6) is 0.211. The molecule has 0 heterocycles. The zero-order valence-corrected chi connectivity index (χ0v) is 16.4. The van der Waals surface area contributed by atoms with Crippen molar-refractivity contribution in [1.29, 1.82) is 0 Å². The first-order valence-electron chi connectivity index (χ1n) is 9.61. The van der Waals surface area contributed by atoms with Crippen LogP contribution in [0.5, 0.6) is 5.75 Å². The molecule has 0 aromatic heterocycles. The first-order chi connectivity index (χ1) is 14.7. The van der Waals surface area contributed by atoms with Crippen molar-refractivity contribution in [3.8, 4) is 5.75 Å². The maximum absolute atomic E-state index is 12.1. The monoisotopic (exact) mass is 398 g/mol. The molecule has 3 rings (SSSR count). The molecule has 0 aliphatic carbocycles. The lowest BCUT2D eigenvalue weighted by Crippen LogP contribution is -2.10. The van der Waals surface area contributed by atoms with E-state index in [2.05, 4.69) is 0 Å². The van der Waals surface area contributed by atoms with Crippen LogP contribution in [-0.4, -0.2) is 25.0 Å². The number of ether oxygens (including phenoxy) is 2. The minimum absolute atomic E-state index is 0.0425. The average molecular weight is 398 g/mol. The van der Waals surface area contributed by atoms with E-state index in [-0.39, 0.29) is 19.0 Å². The lowest BCUT2D eigenvalue weighted by Gasteiger charge is -2.06. The summed E-state index contributed by atoms with van der Waals surface area (Å²) in [6.45, 7) is 0.414. The van der Waals surface area contributed by atoms with Crippen LogP contribution < -0.4 is 4.74 Å². The molecule has 150 valence electrons. The van der Waals surface area contributed by atoms with Gasteiger partial charge in [0.2, 0.25) is 0 Å². The summed E-state index contributed by atoms with van der Waals surface area (Å²) < 4.78 is 10.7. The van der Waals surface area contributed by atoms with Crippen molar-refractivity contribution in [2.45, 2.75) is 0 Å². The van der Waals surface area contributed by atoms with E-state index < -0.39 is 5.97 Å². The first kappa shape index (κ1) is 20.8. The van der Waals surface area contributed by atoms with Crippen LogP contribution in [-0.2, 0) is 9.53 Å². The number of hydrogen-bond donors (Lipinski definition) is 0. The molecule has 0 aliphatic heterocycles. The zero-order chi connectivity index (χ0) is 21.0. The second-order valence-corrected chi connectivity index (χ2v) is 6.39. The van der Waals surface area contributed by atoms with E-state index in [9.17, 15) is 9.59 Å². The predicted molar refractivity (Wildman–Crippen MR) is 118 cm³/mol. The van der Waals surface area contributed by atoms with Crippen molar-refractivity contribution in [2.75, 3.05) is 13.2 Å². The largest absolute Gasteiger partial charge is 0.490 e. The van der Waals surface area contributed by atoms with Crippen molar-refractivity contribution in [2.24, 2.45) is 0 Å². The summed E-state index contributed by atoms with van der Waals surface area (Å²) in [5.41, 5.74) is 2.48. The Kier molecular flexibility index (Phi) is 7.75. The molecule has 0 unspecified atom stereocenters. The van der Waals surface area contributed by atoms with Crippen LogP contribution in [0.15, 0.2) is 97.1 Å². The van der Waals surface area contributed by atoms with Gasteiger partial charge in [-0.25, -0.2) is 4.79 Å². The third-order valence-electron chi connectivity index (χ3n) is 4.17. The number of ketones is 1. The van der Waals surface area contributed by atoms with Gasteiger partial charge in [0.25, 0.3) is 0 Å². The van der Waals surface area contributed by atoms with Crippen LogP contribution in [0.2, 0.25) is 0 Å². The van der Waals surface area contributed by atoms with Crippen LogP contribution >= 0.6 is 0 Å². The Bertz CT molecular complexity index is 1000. The van der Waals surface area contributed by atoms with Gasteiger partial charge in [0.15, 0.2) is 5.78 Å². The van der Waals surface area contributed by atoms with Gasteiger partial charge in [-0.2, -0.15) is 0 Å². The van der Waals surface area contributed by atoms with Gasteiger partial charge in [0.05, 0.1) is 0 Å². The third-order valence-corrected chi connectivity index (χ3v) is 4.17. The smallest absolute Gasteiger partial charge is 0.330 e. The fourth-order valence-electron chi connectivity index (χ4n) is 2.62. The second-order valence-electron chi connectivity index (χ2n) is 6.39. The average Bonchev–Trinajstić information content (AvgIpc) is 2.81. The van der Waals surface area contributed by atoms with Crippen LogP contribution in [0.25, 0.3) is 12.2 Å². The van der Waals surface area contributed by atoms with Crippen molar-refractivity contribution in [3.05, 3.63) is 114 Å². The molecule has 30 heavy (non-hydrogen) atoms. The minimum Gasteiger partial charge on any atom is -0.490 e. The van der Waals surface area contributed by atoms with Gasteiger partial charge < -0.3 is 9.47 Å². The van der Waals surface area contributed by atoms with E-state index in [4.69, 9.17) is 9.47 Å². The van der Waals surface area contributed by atoms with Crippen molar-refractivity contribution < 1.29 is 19.1 Å². The fraction of sp³-hybridized carbons (Fsp3) is 0.0769. The van der Waals surface area contributed by atoms with Crippen LogP contribution in [0, 0.1) is 0 Å². The normalized spacial score (nSPS) is 10.9. The van der Waals surface area contributed by atoms with Gasteiger partial charge in [-0.05, 0) is 35.4 Å². The summed E-state index contributed by atoms with van der Waals surface area (Å²) in [4.78, 5) is 23.8. The Morgan fingerprint density at radius 3 is 1.97 bits per heavy atom. The lowest BCUT2D eigenvalue weighted by atomic mass is 10.1. The van der Waals surface area contributed by atoms with E-state index in [1.807, 2.05) is 72.8 Å². The van der Waals surface area contributed by atoms with Gasteiger partial charge in [0, 0.05) is 11.6 Å². The topological polar surface area (TPSA) is 52.6 Å². The molecule has 0 aliphatic rings. The lowest BCUT2D eigenvalue weighted by molar-refractivity contribution is -0.138. The molecule has 0 bridgehead atoms. The Morgan fingerprint density at radius 1 is 0.667 bits per heavy atom. The van der Waals surface area contributed by atoms with E-state index in [1.165, 1.54) is 6.08 Å². The Hall–Kier alpha value is -3.92. The number of allylic oxidation sites excluding steroid dienone is 1. The molecule has 3 aromatic rings. The molecule has 0 N–H and O–H groups in total. The highest BCUT2D eigenvalue weighted by Gasteiger charge is 2.01. The van der Waals surface area contributed by atoms with E-state index in [0.717, 1.165) is 11.1 Å². The zero-order valence-electron chi connectivity index (χ0n) is 16.4. The molecule has 4 heteroatoms. The predicted octanol–water partition coefficient (Wildman–Crippen LogP) is 5.22. The summed E-state index contributed by atoms with van der Waals surface area (Å²) in [6.07, 6.45) is 6.42. The standard InChI is InChI=1S/C26H22O4/c27-25(23-9-5-2-6-10-23)17-13-22-11-15-24(16-12-22)29-19-20-30-26(28)18-14-21-7-3-1-4-8-21/h1-18H,19-20H2/b17-13-,18-14-. The van der Waals surface area contributed by atoms with E-state index >= 15 is 0 Å². The van der Waals surface area contributed by atoms with Gasteiger partial charge in [-0.3, -0.25) is 4.79 Å². The van der Waals surface area contributed by atoms with Crippen LogP contribution in [0.3, 0.4) is 0 Å². The molecular weight excluding hydrogens is 376 g/mol. The number of rotatable bonds is 9. The van der Waals surface area contributed by atoms with Crippen molar-refractivity contribution in [3.63, 3.8) is 0 Å². The summed E-state index contributed by atoms with van der Waals surface area (Å²) in [5, 5.41) is 0. The van der Waals surface area contributed by atoms with Gasteiger partial charge in [0.1, 0.15) is 19.0 Å². The maximum atomic E-state index is 12.1. The fourth-order valence-corrected chi connectivity index (χ4v) is 2.62. The highest BCUT2D eigenvalue weighted by Crippen LogP contribution is 2.14. The molecule has 3 aromatic carbocycles. The molecule has 0 fully saturated rings. The van der Waals surface area contributed by atoms with Gasteiger partial charge in [-0.15, -0.1) is 0 Å². The summed E-state index contributed by atoms with van der Waals surface area (Å²) in [7, 11) is 0. The van der Waals surface area contributed by atoms with E-state index in [0.29, 0.717) is 11.3 Å². The number of carbonyl (C=O) groups excluding carboxylic acids is 2. The Labute approximate surface area is 176 Å². The SMILES string of the molecule is O=C(/C=C\c1ccccc1)OCCOc1ccc(/C=C\C(=O)c2ccccc2)cc1. The molecule has 4 nitrogen and oxygen atoms in total. The molecule has 0 amide bonds. The van der Waals surface area contributed by atoms with Crippen LogP contribution in [0.4, 0.5) is 0 Å². The van der Waals surface area contributed by atoms with Crippen molar-refractivity contribution in [1.82, 2.24) is 0 Å². The molecule has 0 saturated carbocycles. The number of benzene rings is 3. The van der Waals surface area contributed by atoms with Gasteiger partial charge in [-0.1, -0.05) is 78.9 Å². The Morgan fingerprint density at radius 2 is 1.27 bits per heavy atom. The van der Waals surface area contributed by atoms with Crippen LogP contribution in [0.1, 0.15) is 21.5 Å². The van der Waals surface area contributed by atoms with Gasteiger partial charge >= 0.3 is 5.97 Å². The number of carbonyl (C=O) groups is 2. The number of hydrogen-bond acceptors (Lipinski definition) is 4. The second kappa shape index (κ2) is 11.2. The summed E-state index contributed by atoms with van der Waals surface area (Å²) >= 11 is 0. The van der Waals surface area contributed by atoms with Crippen molar-refractivity contribution >= 4 is 23.9 Å². The van der Waals surface area contributed by atoms with E-state index in [1.54, 1.807) is 30.4 Å².